The summed E-state index contributed by atoms with van der Waals surface area (Å²) < 4.78 is 1.50. The summed E-state index contributed by atoms with van der Waals surface area (Å²) >= 11 is 10.8. The molecule has 0 amide bonds. The lowest BCUT2D eigenvalue weighted by atomic mass is 10.2. The minimum atomic E-state index is -0.800. The molecular formula is C12H8Cl2N2O2. The van der Waals surface area contributed by atoms with Crippen molar-refractivity contribution in [3.05, 3.63) is 53.6 Å². The van der Waals surface area contributed by atoms with Gasteiger partial charge < -0.3 is 4.57 Å². The Morgan fingerprint density at radius 3 is 2.33 bits per heavy atom. The van der Waals surface area contributed by atoms with Gasteiger partial charge in [0.15, 0.2) is 5.69 Å². The molecule has 0 aliphatic heterocycles. The van der Waals surface area contributed by atoms with E-state index in [4.69, 9.17) is 23.2 Å². The second kappa shape index (κ2) is 5.33. The molecular weight excluding hydrogens is 275 g/mol. The number of carbonyl (C=O) groups is 2. The van der Waals surface area contributed by atoms with Crippen LogP contribution in [0.4, 0.5) is 0 Å². The van der Waals surface area contributed by atoms with Crippen LogP contribution in [-0.4, -0.2) is 20.0 Å². The summed E-state index contributed by atoms with van der Waals surface area (Å²) in [6, 6.07) is 9.43. The van der Waals surface area contributed by atoms with Crippen LogP contribution in [0.2, 0.25) is 0 Å². The molecule has 1 heterocycles. The van der Waals surface area contributed by atoms with Gasteiger partial charge in [-0.3, -0.25) is 9.59 Å². The summed E-state index contributed by atoms with van der Waals surface area (Å²) in [5, 5.41) is -1.56. The molecule has 0 N–H and O–H groups in total. The van der Waals surface area contributed by atoms with Gasteiger partial charge in [0.05, 0.1) is 6.33 Å². The van der Waals surface area contributed by atoms with Crippen LogP contribution < -0.4 is 0 Å². The molecule has 0 spiro atoms. The van der Waals surface area contributed by atoms with Gasteiger partial charge in [-0.25, -0.2) is 4.98 Å². The summed E-state index contributed by atoms with van der Waals surface area (Å²) in [5.74, 6) is 0. The molecule has 6 heteroatoms. The fourth-order valence-corrected chi connectivity index (χ4v) is 1.97. The smallest absolute Gasteiger partial charge is 0.273 e. The minimum Gasteiger partial charge on any atom is -0.322 e. The third-order valence-electron chi connectivity index (χ3n) is 2.41. The highest BCUT2D eigenvalue weighted by atomic mass is 35.5. The Balaban J connectivity index is 2.40. The van der Waals surface area contributed by atoms with E-state index in [1.807, 2.05) is 30.3 Å². The highest BCUT2D eigenvalue weighted by Gasteiger charge is 2.21. The van der Waals surface area contributed by atoms with Crippen LogP contribution in [0.15, 0.2) is 36.7 Å². The number of hydrogen-bond donors (Lipinski definition) is 0. The van der Waals surface area contributed by atoms with E-state index < -0.39 is 10.5 Å². The standard InChI is InChI=1S/C12H8Cl2N2O2/c13-11(17)9-10(12(14)18)16(7-15-9)6-8-4-2-1-3-5-8/h1-5,7H,6H2. The molecule has 1 aromatic carbocycles. The molecule has 0 saturated carbocycles. The second-order valence-corrected chi connectivity index (χ2v) is 4.29. The Hall–Kier alpha value is -1.65. The highest BCUT2D eigenvalue weighted by molar-refractivity contribution is 6.71. The molecule has 1 aromatic heterocycles. The van der Waals surface area contributed by atoms with Crippen molar-refractivity contribution in [2.75, 3.05) is 0 Å². The Kier molecular flexibility index (Phi) is 3.79. The molecule has 18 heavy (non-hydrogen) atoms. The number of benzene rings is 1. The maximum atomic E-state index is 11.3. The zero-order chi connectivity index (χ0) is 13.1. The van der Waals surface area contributed by atoms with Gasteiger partial charge >= 0.3 is 0 Å². The summed E-state index contributed by atoms with van der Waals surface area (Å²) in [6.45, 7) is 0.395. The molecule has 0 fully saturated rings. The lowest BCUT2D eigenvalue weighted by Crippen LogP contribution is -2.09. The largest absolute Gasteiger partial charge is 0.322 e. The van der Waals surface area contributed by atoms with Crippen LogP contribution in [0, 0.1) is 0 Å². The van der Waals surface area contributed by atoms with E-state index in [-0.39, 0.29) is 11.4 Å². The third kappa shape index (κ3) is 2.60. The number of rotatable bonds is 4. The minimum absolute atomic E-state index is 0.0144. The van der Waals surface area contributed by atoms with E-state index >= 15 is 0 Å². The van der Waals surface area contributed by atoms with Crippen molar-refractivity contribution in [3.63, 3.8) is 0 Å². The molecule has 2 aromatic rings. The first kappa shape index (κ1) is 12.8. The first-order valence-corrected chi connectivity index (χ1v) is 5.84. The van der Waals surface area contributed by atoms with Crippen molar-refractivity contribution < 1.29 is 9.59 Å². The molecule has 0 atom stereocenters. The fraction of sp³-hybridized carbons (Fsp3) is 0.0833. The number of halogens is 2. The average molecular weight is 283 g/mol. The van der Waals surface area contributed by atoms with Gasteiger partial charge in [-0.15, -0.1) is 0 Å². The maximum absolute atomic E-state index is 11.3. The van der Waals surface area contributed by atoms with Crippen molar-refractivity contribution in [1.82, 2.24) is 9.55 Å². The van der Waals surface area contributed by atoms with E-state index in [0.29, 0.717) is 6.54 Å². The molecule has 2 rings (SSSR count). The summed E-state index contributed by atoms with van der Waals surface area (Å²) in [7, 11) is 0. The molecule has 0 aliphatic rings. The maximum Gasteiger partial charge on any atom is 0.273 e. The topological polar surface area (TPSA) is 52.0 Å². The zero-order valence-electron chi connectivity index (χ0n) is 9.14. The molecule has 4 nitrogen and oxygen atoms in total. The number of carbonyl (C=O) groups excluding carboxylic acids is 2. The molecule has 0 bridgehead atoms. The number of hydrogen-bond acceptors (Lipinski definition) is 3. The average Bonchev–Trinajstić information content (AvgIpc) is 2.74. The van der Waals surface area contributed by atoms with Crippen molar-refractivity contribution in [2.45, 2.75) is 6.54 Å². The lowest BCUT2D eigenvalue weighted by Gasteiger charge is -2.05. The molecule has 0 saturated heterocycles. The fourth-order valence-electron chi connectivity index (χ4n) is 1.63. The summed E-state index contributed by atoms with van der Waals surface area (Å²) in [4.78, 5) is 26.3. The Morgan fingerprint density at radius 2 is 1.78 bits per heavy atom. The summed E-state index contributed by atoms with van der Waals surface area (Å²) in [6.07, 6.45) is 1.37. The van der Waals surface area contributed by atoms with Crippen LogP contribution in [-0.2, 0) is 6.54 Å². The Bertz CT molecular complexity index is 593. The summed E-state index contributed by atoms with van der Waals surface area (Å²) in [5.41, 5.74) is 0.857. The van der Waals surface area contributed by atoms with Crippen LogP contribution in [0.1, 0.15) is 26.5 Å². The van der Waals surface area contributed by atoms with Crippen molar-refractivity contribution in [1.29, 1.82) is 0 Å². The molecule has 92 valence electrons. The van der Waals surface area contributed by atoms with E-state index in [9.17, 15) is 9.59 Å². The van der Waals surface area contributed by atoms with Crippen molar-refractivity contribution >= 4 is 33.7 Å². The number of nitrogens with zero attached hydrogens (tertiary/aromatic N) is 2. The van der Waals surface area contributed by atoms with Crippen molar-refractivity contribution in [2.24, 2.45) is 0 Å². The monoisotopic (exact) mass is 282 g/mol. The van der Waals surface area contributed by atoms with Crippen molar-refractivity contribution in [3.8, 4) is 0 Å². The van der Waals surface area contributed by atoms with E-state index in [1.165, 1.54) is 10.9 Å². The number of imidazole rings is 1. The first-order valence-electron chi connectivity index (χ1n) is 5.08. The lowest BCUT2D eigenvalue weighted by molar-refractivity contribution is 0.104. The van der Waals surface area contributed by atoms with Crippen LogP contribution in [0.3, 0.4) is 0 Å². The van der Waals surface area contributed by atoms with E-state index in [2.05, 4.69) is 4.98 Å². The van der Waals surface area contributed by atoms with Gasteiger partial charge in [0.2, 0.25) is 0 Å². The van der Waals surface area contributed by atoms with Gasteiger partial charge in [-0.05, 0) is 28.8 Å². The van der Waals surface area contributed by atoms with Crippen LogP contribution in [0.25, 0.3) is 0 Å². The van der Waals surface area contributed by atoms with Crippen LogP contribution >= 0.6 is 23.2 Å². The third-order valence-corrected chi connectivity index (χ3v) is 2.76. The zero-order valence-corrected chi connectivity index (χ0v) is 10.6. The Morgan fingerprint density at radius 1 is 1.11 bits per heavy atom. The van der Waals surface area contributed by atoms with E-state index in [0.717, 1.165) is 5.56 Å². The predicted octanol–water partition coefficient (Wildman–Crippen LogP) is 2.69. The Labute approximate surface area is 113 Å². The predicted molar refractivity (Wildman–Crippen MR) is 68.1 cm³/mol. The van der Waals surface area contributed by atoms with Gasteiger partial charge in [0.25, 0.3) is 10.5 Å². The molecule has 0 aliphatic carbocycles. The molecule has 0 radical (unpaired) electrons. The molecule has 0 unspecified atom stereocenters. The quantitative estimate of drug-likeness (QED) is 0.811. The number of aromatic nitrogens is 2. The van der Waals surface area contributed by atoms with Gasteiger partial charge in [-0.2, -0.15) is 0 Å². The first-order chi connectivity index (χ1) is 8.59. The normalized spacial score (nSPS) is 10.3. The van der Waals surface area contributed by atoms with E-state index in [1.54, 1.807) is 0 Å². The second-order valence-electron chi connectivity index (χ2n) is 3.60. The van der Waals surface area contributed by atoms with Crippen LogP contribution in [0.5, 0.6) is 0 Å². The SMILES string of the molecule is O=C(Cl)c1ncn(Cc2ccccc2)c1C(=O)Cl. The highest BCUT2D eigenvalue weighted by Crippen LogP contribution is 2.15. The van der Waals surface area contributed by atoms with Gasteiger partial charge in [-0.1, -0.05) is 30.3 Å². The van der Waals surface area contributed by atoms with Gasteiger partial charge in [0, 0.05) is 6.54 Å². The van der Waals surface area contributed by atoms with Gasteiger partial charge in [0.1, 0.15) is 5.69 Å².